The topological polar surface area (TPSA) is 255 Å². The second-order valence-corrected chi connectivity index (χ2v) is 15.2. The number of hydrogen-bond donors (Lipinski definition) is 7. The van der Waals surface area contributed by atoms with E-state index in [1.807, 2.05) is 6.92 Å². The van der Waals surface area contributed by atoms with Gasteiger partial charge in [0.2, 0.25) is 0 Å². The Kier molecular flexibility index (Phi) is 10.7. The molecule has 3 aromatic rings. The zero-order chi connectivity index (χ0) is 41.5. The van der Waals surface area contributed by atoms with Gasteiger partial charge in [-0.2, -0.15) is 0 Å². The lowest BCUT2D eigenvalue weighted by molar-refractivity contribution is -0.208. The predicted octanol–water partition coefficient (Wildman–Crippen LogP) is 2.49. The molecule has 0 saturated heterocycles. The van der Waals surface area contributed by atoms with Crippen LogP contribution in [0, 0.1) is 11.8 Å². The Bertz CT molecular complexity index is 2180. The molecule has 7 N–H and O–H groups in total. The number of hydrogen-bond acceptors (Lipinski definition) is 12. The summed E-state index contributed by atoms with van der Waals surface area (Å²) in [5, 5.41) is 56.4. The highest BCUT2D eigenvalue weighted by atomic mass is 16.6. The van der Waals surface area contributed by atoms with E-state index >= 15 is 0 Å². The first-order valence-electron chi connectivity index (χ1n) is 18.8. The van der Waals surface area contributed by atoms with Crippen molar-refractivity contribution in [1.29, 1.82) is 0 Å². The summed E-state index contributed by atoms with van der Waals surface area (Å²) >= 11 is 0. The number of carboxylic acids is 2. The summed E-state index contributed by atoms with van der Waals surface area (Å²) < 4.78 is 18.7. The average Bonchev–Trinajstić information content (AvgIpc) is 3.57. The van der Waals surface area contributed by atoms with Gasteiger partial charge in [-0.25, -0.2) is 9.59 Å². The summed E-state index contributed by atoms with van der Waals surface area (Å²) in [6, 6.07) is 15.3. The number of aromatic hydroxyl groups is 1. The minimum absolute atomic E-state index is 0.0373. The molecule has 1 aliphatic heterocycles. The maximum atomic E-state index is 14.0. The van der Waals surface area contributed by atoms with E-state index in [0.29, 0.717) is 24.8 Å². The van der Waals surface area contributed by atoms with E-state index in [1.54, 1.807) is 42.5 Å². The van der Waals surface area contributed by atoms with Gasteiger partial charge in [0.15, 0.2) is 29.8 Å². The van der Waals surface area contributed by atoms with Crippen molar-refractivity contribution < 1.29 is 68.5 Å². The van der Waals surface area contributed by atoms with Gasteiger partial charge in [-0.05, 0) is 54.0 Å². The van der Waals surface area contributed by atoms with Crippen LogP contribution in [0.1, 0.15) is 73.5 Å². The fraction of sp³-hybridized carbons (Fsp3) is 0.381. The van der Waals surface area contributed by atoms with Crippen molar-refractivity contribution >= 4 is 35.7 Å². The van der Waals surface area contributed by atoms with Gasteiger partial charge in [0.05, 0.1) is 18.3 Å². The number of carbonyl (C=O) groups excluding carboxylic acids is 4. The zero-order valence-corrected chi connectivity index (χ0v) is 31.2. The van der Waals surface area contributed by atoms with Crippen LogP contribution < -0.4 is 15.4 Å². The largest absolute Gasteiger partial charge is 0.504 e. The van der Waals surface area contributed by atoms with Gasteiger partial charge in [-0.1, -0.05) is 73.7 Å². The fourth-order valence-electron chi connectivity index (χ4n) is 9.21. The molecule has 0 radical (unpaired) electrons. The van der Waals surface area contributed by atoms with Crippen LogP contribution in [0.15, 0.2) is 84.6 Å². The van der Waals surface area contributed by atoms with Crippen molar-refractivity contribution in [1.82, 2.24) is 10.6 Å². The molecule has 4 aliphatic rings. The van der Waals surface area contributed by atoms with E-state index in [2.05, 4.69) is 10.6 Å². The van der Waals surface area contributed by atoms with Crippen molar-refractivity contribution in [3.05, 3.63) is 107 Å². The van der Waals surface area contributed by atoms with Crippen molar-refractivity contribution in [2.45, 2.75) is 86.9 Å². The van der Waals surface area contributed by atoms with Crippen LogP contribution >= 0.6 is 0 Å². The van der Waals surface area contributed by atoms with Crippen LogP contribution in [-0.2, 0) is 50.1 Å². The molecule has 9 atom stereocenters. The average molecular weight is 799 g/mol. The van der Waals surface area contributed by atoms with Gasteiger partial charge in [-0.3, -0.25) is 19.2 Å². The van der Waals surface area contributed by atoms with E-state index < -0.39 is 89.9 Å². The van der Waals surface area contributed by atoms with Gasteiger partial charge < -0.3 is 50.4 Å². The summed E-state index contributed by atoms with van der Waals surface area (Å²) in [5.74, 6) is -7.79. The van der Waals surface area contributed by atoms with E-state index in [1.165, 1.54) is 36.4 Å². The van der Waals surface area contributed by atoms with E-state index in [9.17, 15) is 54.3 Å². The number of aliphatic carboxylic acids is 2. The molecule has 58 heavy (non-hydrogen) atoms. The maximum absolute atomic E-state index is 14.0. The molecule has 16 heteroatoms. The lowest BCUT2D eigenvalue weighted by Crippen LogP contribution is -2.70. The van der Waals surface area contributed by atoms with Gasteiger partial charge in [0.1, 0.15) is 23.4 Å². The number of aliphatic hydroxyl groups excluding tert-OH is 2. The monoisotopic (exact) mass is 798 g/mol. The molecule has 2 amide bonds. The third kappa shape index (κ3) is 6.91. The normalized spacial score (nSPS) is 25.6. The SMILES string of the molecule is CC1CCC23c4c5ccc(O)c4O[C@H]2C(OC(=O)C[C@H](NC(=O)[C@@H](O)c2ccccc2)C(=O)O)=CC[C@@]3(OC(=O)C[C@H](NC(=O)[C@@H](O)c2ccccc2)C(=O)O)[C@H]1C5. The van der Waals surface area contributed by atoms with Crippen LogP contribution in [-0.4, -0.2) is 85.0 Å². The molecule has 2 unspecified atom stereocenters. The highest BCUT2D eigenvalue weighted by Gasteiger charge is 2.74. The molecule has 0 aromatic heterocycles. The van der Waals surface area contributed by atoms with Crippen molar-refractivity contribution in [3.63, 3.8) is 0 Å². The lowest BCUT2D eigenvalue weighted by atomic mass is 9.44. The Morgan fingerprint density at radius 3 is 1.91 bits per heavy atom. The number of carboxylic acid groups (broad SMARTS) is 2. The molecular weight excluding hydrogens is 756 g/mol. The highest BCUT2D eigenvalue weighted by Crippen LogP contribution is 2.69. The number of esters is 2. The second kappa shape index (κ2) is 15.6. The molecule has 3 aliphatic carbocycles. The second-order valence-electron chi connectivity index (χ2n) is 15.2. The first kappa shape index (κ1) is 40.0. The molecule has 16 nitrogen and oxygen atoms in total. The summed E-state index contributed by atoms with van der Waals surface area (Å²) in [6.45, 7) is 2.00. The van der Waals surface area contributed by atoms with Crippen LogP contribution in [0.5, 0.6) is 11.5 Å². The van der Waals surface area contributed by atoms with E-state index in [4.69, 9.17) is 14.2 Å². The number of aliphatic hydroxyl groups is 2. The number of nitrogens with one attached hydrogen (secondary N) is 2. The Balaban J connectivity index is 1.16. The molecule has 1 spiro atoms. The van der Waals surface area contributed by atoms with Gasteiger partial charge in [-0.15, -0.1) is 0 Å². The van der Waals surface area contributed by atoms with Crippen molar-refractivity contribution in [2.24, 2.45) is 11.8 Å². The van der Waals surface area contributed by atoms with Gasteiger partial charge >= 0.3 is 23.9 Å². The van der Waals surface area contributed by atoms with Crippen LogP contribution in [0.2, 0.25) is 0 Å². The molecule has 7 rings (SSSR count). The van der Waals surface area contributed by atoms with Crippen LogP contribution in [0.25, 0.3) is 0 Å². The Morgan fingerprint density at radius 2 is 1.36 bits per heavy atom. The van der Waals surface area contributed by atoms with Crippen LogP contribution in [0.3, 0.4) is 0 Å². The smallest absolute Gasteiger partial charge is 0.326 e. The summed E-state index contributed by atoms with van der Waals surface area (Å²) in [4.78, 5) is 77.7. The number of benzene rings is 3. The number of amides is 2. The maximum Gasteiger partial charge on any atom is 0.326 e. The zero-order valence-electron chi connectivity index (χ0n) is 31.2. The summed E-state index contributed by atoms with van der Waals surface area (Å²) in [5.41, 5.74) is -0.902. The quantitative estimate of drug-likeness (QED) is 0.116. The molecule has 304 valence electrons. The van der Waals surface area contributed by atoms with Crippen LogP contribution in [0.4, 0.5) is 0 Å². The Hall–Kier alpha value is -6.26. The van der Waals surface area contributed by atoms with Crippen molar-refractivity contribution in [3.8, 4) is 11.5 Å². The molecule has 2 bridgehead atoms. The number of ether oxygens (including phenoxy) is 3. The highest BCUT2D eigenvalue weighted by molar-refractivity contribution is 5.90. The molecule has 3 aromatic carbocycles. The number of carbonyl (C=O) groups is 6. The first-order chi connectivity index (χ1) is 27.7. The first-order valence-corrected chi connectivity index (χ1v) is 18.8. The lowest BCUT2D eigenvalue weighted by Gasteiger charge is -2.62. The molecule has 1 fully saturated rings. The number of phenols is 1. The molecule has 1 heterocycles. The number of phenolic OH excluding ortho intramolecular Hbond substituents is 1. The van der Waals surface area contributed by atoms with Gasteiger partial charge in [0.25, 0.3) is 11.8 Å². The summed E-state index contributed by atoms with van der Waals surface area (Å²) in [7, 11) is 0. The van der Waals surface area contributed by atoms with Gasteiger partial charge in [0, 0.05) is 17.9 Å². The Morgan fingerprint density at radius 1 is 0.810 bits per heavy atom. The predicted molar refractivity (Wildman–Crippen MR) is 199 cm³/mol. The third-order valence-corrected chi connectivity index (χ3v) is 11.9. The summed E-state index contributed by atoms with van der Waals surface area (Å²) in [6.07, 6.45) is -3.49. The molecular formula is C42H42N2O14. The number of rotatable bonds is 14. The Labute approximate surface area is 331 Å². The molecule has 1 saturated carbocycles. The minimum Gasteiger partial charge on any atom is -0.504 e. The fourth-order valence-corrected chi connectivity index (χ4v) is 9.21. The van der Waals surface area contributed by atoms with E-state index in [-0.39, 0.29) is 46.6 Å². The standard InChI is InChI=1S/C42H42N2O14/c1-21-14-16-41-32-24-12-13-28(45)35(32)57-36(41)29(56-30(46)19-26(39(52)53)43-37(50)33(48)22-8-4-2-5-9-22)15-17-42(41,25(21)18-24)58-31(47)20-27(40(54)55)44-38(51)34(49)23-10-6-3-7-11-23/h2-13,15,21,25-27,33-34,36,45,48-49H,14,16-20H2,1H3,(H,43,50)(H,44,51)(H,52,53)(H,54,55)/t21?,25-,26-,27-,33-,34-,36-,41?,42+/m0/s1. The van der Waals surface area contributed by atoms with E-state index in [0.717, 1.165) is 5.56 Å². The third-order valence-electron chi connectivity index (χ3n) is 11.9. The van der Waals surface area contributed by atoms with Crippen molar-refractivity contribution in [2.75, 3.05) is 0 Å². The minimum atomic E-state index is -1.79.